The van der Waals surface area contributed by atoms with Crippen LogP contribution in [0.3, 0.4) is 0 Å². The maximum absolute atomic E-state index is 11.6. The number of hydrogen-bond donors (Lipinski definition) is 1. The van der Waals surface area contributed by atoms with Crippen molar-refractivity contribution < 1.29 is 18.3 Å². The molecule has 1 aromatic carbocycles. The zero-order valence-electron chi connectivity index (χ0n) is 11.4. The number of benzene rings is 1. The quantitative estimate of drug-likeness (QED) is 0.856. The number of hydrogen-bond acceptors (Lipinski definition) is 5. The molecule has 1 N–H and O–H groups in total. The largest absolute Gasteiger partial charge is 0.478 e. The first-order valence-electron chi connectivity index (χ1n) is 6.23. The van der Waals surface area contributed by atoms with Crippen LogP contribution >= 0.6 is 11.8 Å². The van der Waals surface area contributed by atoms with Crippen LogP contribution in [-0.4, -0.2) is 49.8 Å². The van der Waals surface area contributed by atoms with Crippen LogP contribution in [0.4, 0.5) is 5.69 Å². The molecule has 0 radical (unpaired) electrons. The van der Waals surface area contributed by atoms with Gasteiger partial charge in [-0.2, -0.15) is 0 Å². The maximum atomic E-state index is 11.6. The number of anilines is 1. The second-order valence-electron chi connectivity index (χ2n) is 4.82. The SMILES string of the molecule is CSc1cccc(N2CCS(=O)(=O)CC2C)c1C(=O)O. The van der Waals surface area contributed by atoms with Gasteiger partial charge >= 0.3 is 5.97 Å². The maximum Gasteiger partial charge on any atom is 0.338 e. The van der Waals surface area contributed by atoms with Crippen LogP contribution in [0, 0.1) is 0 Å². The van der Waals surface area contributed by atoms with Crippen molar-refractivity contribution in [2.45, 2.75) is 17.9 Å². The van der Waals surface area contributed by atoms with Gasteiger partial charge in [0.2, 0.25) is 0 Å². The molecular weight excluding hydrogens is 298 g/mol. The van der Waals surface area contributed by atoms with E-state index in [0.29, 0.717) is 17.1 Å². The predicted molar refractivity (Wildman–Crippen MR) is 80.6 cm³/mol. The molecule has 1 aromatic rings. The van der Waals surface area contributed by atoms with Gasteiger partial charge in [-0.1, -0.05) is 6.07 Å². The summed E-state index contributed by atoms with van der Waals surface area (Å²) in [5.74, 6) is -0.847. The van der Waals surface area contributed by atoms with Gasteiger partial charge in [-0.25, -0.2) is 13.2 Å². The van der Waals surface area contributed by atoms with Crippen molar-refractivity contribution in [3.05, 3.63) is 23.8 Å². The molecule has 1 aliphatic heterocycles. The lowest BCUT2D eigenvalue weighted by Gasteiger charge is -2.36. The highest BCUT2D eigenvalue weighted by Crippen LogP contribution is 2.32. The average molecular weight is 315 g/mol. The van der Waals surface area contributed by atoms with E-state index in [2.05, 4.69) is 0 Å². The van der Waals surface area contributed by atoms with Crippen molar-refractivity contribution in [1.29, 1.82) is 0 Å². The molecule has 0 spiro atoms. The molecule has 0 saturated carbocycles. The van der Waals surface area contributed by atoms with Crippen LogP contribution in [0.5, 0.6) is 0 Å². The van der Waals surface area contributed by atoms with E-state index >= 15 is 0 Å². The normalized spacial score (nSPS) is 21.7. The van der Waals surface area contributed by atoms with Crippen LogP contribution in [0.25, 0.3) is 0 Å². The zero-order chi connectivity index (χ0) is 14.9. The number of aromatic carboxylic acids is 1. The molecule has 1 aliphatic rings. The van der Waals surface area contributed by atoms with Crippen LogP contribution in [0.15, 0.2) is 23.1 Å². The number of carboxylic acid groups (broad SMARTS) is 1. The van der Waals surface area contributed by atoms with Gasteiger partial charge in [-0.05, 0) is 25.3 Å². The lowest BCUT2D eigenvalue weighted by atomic mass is 10.1. The summed E-state index contributed by atoms with van der Waals surface area (Å²) < 4.78 is 23.3. The fourth-order valence-corrected chi connectivity index (χ4v) is 4.67. The minimum Gasteiger partial charge on any atom is -0.478 e. The van der Waals surface area contributed by atoms with Gasteiger partial charge in [0.25, 0.3) is 0 Å². The fraction of sp³-hybridized carbons (Fsp3) is 0.462. The highest BCUT2D eigenvalue weighted by atomic mass is 32.2. The minimum atomic E-state index is -3.02. The van der Waals surface area contributed by atoms with E-state index in [1.807, 2.05) is 24.1 Å². The van der Waals surface area contributed by atoms with Crippen molar-refractivity contribution in [1.82, 2.24) is 0 Å². The Morgan fingerprint density at radius 2 is 2.15 bits per heavy atom. The van der Waals surface area contributed by atoms with Crippen LogP contribution in [0.1, 0.15) is 17.3 Å². The molecule has 0 aromatic heterocycles. The van der Waals surface area contributed by atoms with E-state index in [4.69, 9.17) is 0 Å². The first-order valence-corrected chi connectivity index (χ1v) is 9.27. The number of thioether (sulfide) groups is 1. The molecule has 5 nitrogen and oxygen atoms in total. The molecule has 1 fully saturated rings. The van der Waals surface area contributed by atoms with Gasteiger partial charge < -0.3 is 10.0 Å². The number of carbonyl (C=O) groups is 1. The van der Waals surface area contributed by atoms with E-state index < -0.39 is 15.8 Å². The predicted octanol–water partition coefficient (Wildman–Crippen LogP) is 1.73. The molecule has 0 amide bonds. The molecule has 0 aliphatic carbocycles. The summed E-state index contributed by atoms with van der Waals surface area (Å²) in [6, 6.07) is 5.10. The third-order valence-corrected chi connectivity index (χ3v) is 5.99. The monoisotopic (exact) mass is 315 g/mol. The van der Waals surface area contributed by atoms with Gasteiger partial charge in [-0.3, -0.25) is 0 Å². The third kappa shape index (κ3) is 2.93. The highest BCUT2D eigenvalue weighted by molar-refractivity contribution is 7.98. The Bertz CT molecular complexity index is 627. The van der Waals surface area contributed by atoms with E-state index in [1.54, 1.807) is 12.1 Å². The van der Waals surface area contributed by atoms with Gasteiger partial charge in [0, 0.05) is 17.5 Å². The molecule has 110 valence electrons. The van der Waals surface area contributed by atoms with E-state index in [9.17, 15) is 18.3 Å². The smallest absolute Gasteiger partial charge is 0.338 e. The summed E-state index contributed by atoms with van der Waals surface area (Å²) in [5, 5.41) is 9.44. The first-order chi connectivity index (χ1) is 9.35. The van der Waals surface area contributed by atoms with Gasteiger partial charge in [0.15, 0.2) is 9.84 Å². The van der Waals surface area contributed by atoms with E-state index in [0.717, 1.165) is 0 Å². The van der Waals surface area contributed by atoms with Crippen LogP contribution in [-0.2, 0) is 9.84 Å². The standard InChI is InChI=1S/C13H17NO4S2/c1-9-8-20(17,18)7-6-14(9)10-4-3-5-11(19-2)12(10)13(15)16/h3-5,9H,6-8H2,1-2H3,(H,15,16). The average Bonchev–Trinajstić information content (AvgIpc) is 2.36. The van der Waals surface area contributed by atoms with E-state index in [1.165, 1.54) is 11.8 Å². The van der Waals surface area contributed by atoms with Crippen LogP contribution in [0.2, 0.25) is 0 Å². The van der Waals surface area contributed by atoms with Crippen molar-refractivity contribution in [2.24, 2.45) is 0 Å². The van der Waals surface area contributed by atoms with Gasteiger partial charge in [0.05, 0.1) is 22.8 Å². The molecule has 1 saturated heterocycles. The molecule has 0 bridgehead atoms. The summed E-state index contributed by atoms with van der Waals surface area (Å²) in [4.78, 5) is 14.1. The van der Waals surface area contributed by atoms with Crippen molar-refractivity contribution >= 4 is 33.3 Å². The summed E-state index contributed by atoms with van der Waals surface area (Å²) in [6.07, 6.45) is 1.83. The third-order valence-electron chi connectivity index (χ3n) is 3.42. The number of nitrogens with zero attached hydrogens (tertiary/aromatic N) is 1. The molecule has 7 heteroatoms. The number of carboxylic acids is 1. The molecule has 1 atom stereocenters. The first kappa shape index (κ1) is 15.2. The highest BCUT2D eigenvalue weighted by Gasteiger charge is 2.31. The number of rotatable bonds is 3. The van der Waals surface area contributed by atoms with Gasteiger partial charge in [0.1, 0.15) is 0 Å². The van der Waals surface area contributed by atoms with Crippen molar-refractivity contribution in [3.63, 3.8) is 0 Å². The Morgan fingerprint density at radius 3 is 2.70 bits per heavy atom. The Labute approximate surface area is 122 Å². The summed E-state index contributed by atoms with van der Waals surface area (Å²) in [6.45, 7) is 2.15. The van der Waals surface area contributed by atoms with Crippen LogP contribution < -0.4 is 4.90 Å². The summed E-state index contributed by atoms with van der Waals surface area (Å²) in [5.41, 5.74) is 0.859. The zero-order valence-corrected chi connectivity index (χ0v) is 13.0. The Balaban J connectivity index is 2.45. The Hall–Kier alpha value is -1.21. The Kier molecular flexibility index (Phi) is 4.29. The number of sulfone groups is 1. The second kappa shape index (κ2) is 5.65. The molecule has 20 heavy (non-hydrogen) atoms. The summed E-state index contributed by atoms with van der Waals surface area (Å²) >= 11 is 1.38. The topological polar surface area (TPSA) is 74.7 Å². The summed E-state index contributed by atoms with van der Waals surface area (Å²) in [7, 11) is -3.02. The van der Waals surface area contributed by atoms with Crippen molar-refractivity contribution in [2.75, 3.05) is 29.2 Å². The molecule has 1 unspecified atom stereocenters. The van der Waals surface area contributed by atoms with Crippen molar-refractivity contribution in [3.8, 4) is 0 Å². The van der Waals surface area contributed by atoms with Gasteiger partial charge in [-0.15, -0.1) is 11.8 Å². The molecular formula is C13H17NO4S2. The lowest BCUT2D eigenvalue weighted by molar-refractivity contribution is 0.0694. The molecule has 1 heterocycles. The Morgan fingerprint density at radius 1 is 1.45 bits per heavy atom. The fourth-order valence-electron chi connectivity index (χ4n) is 2.50. The molecule has 2 rings (SSSR count). The van der Waals surface area contributed by atoms with E-state index in [-0.39, 0.29) is 23.1 Å². The lowest BCUT2D eigenvalue weighted by Crippen LogP contribution is -2.47. The second-order valence-corrected chi connectivity index (χ2v) is 7.89. The minimum absolute atomic E-state index is 0.0650.